The van der Waals surface area contributed by atoms with Gasteiger partial charge in [0.2, 0.25) is 0 Å². The number of morpholine rings is 1. The van der Waals surface area contributed by atoms with Gasteiger partial charge in [-0.2, -0.15) is 13.5 Å². The molecule has 0 aromatic heterocycles. The summed E-state index contributed by atoms with van der Waals surface area (Å²) in [5, 5.41) is 6.21. The van der Waals surface area contributed by atoms with Crippen molar-refractivity contribution in [3.8, 4) is 0 Å². The van der Waals surface area contributed by atoms with Crippen LogP contribution in [0.15, 0.2) is 104 Å². The van der Waals surface area contributed by atoms with Gasteiger partial charge in [0.1, 0.15) is 0 Å². The van der Waals surface area contributed by atoms with Gasteiger partial charge >= 0.3 is 0 Å². The van der Waals surface area contributed by atoms with Crippen molar-refractivity contribution in [2.75, 3.05) is 43.0 Å². The average molecular weight is 596 g/mol. The lowest BCUT2D eigenvalue weighted by Crippen LogP contribution is -2.38. The summed E-state index contributed by atoms with van der Waals surface area (Å²) < 4.78 is 43.1. The van der Waals surface area contributed by atoms with Gasteiger partial charge in [0.05, 0.1) is 35.3 Å². The van der Waals surface area contributed by atoms with Crippen LogP contribution in [0.3, 0.4) is 0 Å². The summed E-state index contributed by atoms with van der Waals surface area (Å²) in [6.45, 7) is 6.35. The molecule has 1 atom stereocenters. The van der Waals surface area contributed by atoms with Crippen LogP contribution in [0.25, 0.3) is 0 Å². The van der Waals surface area contributed by atoms with E-state index in [0.29, 0.717) is 31.3 Å². The van der Waals surface area contributed by atoms with Crippen LogP contribution >= 0.6 is 19.0 Å². The van der Waals surface area contributed by atoms with E-state index in [0.717, 1.165) is 22.4 Å². The molecular formula is C29H31ClN5O3PS. The van der Waals surface area contributed by atoms with Crippen molar-refractivity contribution < 1.29 is 13.2 Å². The molecule has 0 aliphatic carbocycles. The van der Waals surface area contributed by atoms with E-state index in [4.69, 9.17) is 25.6 Å². The minimum absolute atomic E-state index is 0.0936. The van der Waals surface area contributed by atoms with E-state index in [2.05, 4.69) is 35.6 Å². The van der Waals surface area contributed by atoms with Gasteiger partial charge in [-0.15, -0.1) is 4.15 Å². The highest BCUT2D eigenvalue weighted by atomic mass is 35.5. The van der Waals surface area contributed by atoms with Crippen LogP contribution in [0.4, 0.5) is 11.4 Å². The third kappa shape index (κ3) is 4.32. The number of halogens is 1. The molecule has 1 saturated heterocycles. The summed E-state index contributed by atoms with van der Waals surface area (Å²) in [6, 6.07) is 24.2. The molecule has 11 heteroatoms. The third-order valence-corrected chi connectivity index (χ3v) is 13.6. The first kappa shape index (κ1) is 27.2. The van der Waals surface area contributed by atoms with Crippen LogP contribution in [0.2, 0.25) is 5.02 Å². The third-order valence-electron chi connectivity index (χ3n) is 7.69. The van der Waals surface area contributed by atoms with Gasteiger partial charge in [0, 0.05) is 42.0 Å². The lowest BCUT2D eigenvalue weighted by Gasteiger charge is -2.42. The number of ether oxygens (including phenoxy) is 1. The molecule has 3 aromatic carbocycles. The van der Waals surface area contributed by atoms with E-state index >= 15 is 0 Å². The Morgan fingerprint density at radius 2 is 1.60 bits per heavy atom. The predicted molar refractivity (Wildman–Crippen MR) is 163 cm³/mol. The van der Waals surface area contributed by atoms with E-state index in [1.165, 1.54) is 17.7 Å². The van der Waals surface area contributed by atoms with Gasteiger partial charge in [0.25, 0.3) is 10.0 Å². The highest BCUT2D eigenvalue weighted by Gasteiger charge is 2.51. The van der Waals surface area contributed by atoms with E-state index in [1.807, 2.05) is 60.5 Å². The van der Waals surface area contributed by atoms with Gasteiger partial charge in [-0.1, -0.05) is 61.8 Å². The second-order valence-electron chi connectivity index (χ2n) is 10.4. The van der Waals surface area contributed by atoms with E-state index in [1.54, 1.807) is 12.1 Å². The van der Waals surface area contributed by atoms with Gasteiger partial charge in [-0.25, -0.2) is 9.45 Å². The number of fused-ring (bicyclic) bond motifs is 1. The first-order chi connectivity index (χ1) is 19.2. The molecule has 1 unspecified atom stereocenters. The normalized spacial score (nSPS) is 24.4. The molecule has 3 aliphatic rings. The molecule has 0 N–H and O–H groups in total. The van der Waals surface area contributed by atoms with Crippen molar-refractivity contribution in [1.82, 2.24) is 4.67 Å². The van der Waals surface area contributed by atoms with Gasteiger partial charge in [-0.05, 0) is 48.0 Å². The van der Waals surface area contributed by atoms with Crippen LogP contribution in [0.5, 0.6) is 0 Å². The lowest BCUT2D eigenvalue weighted by atomic mass is 9.84. The Morgan fingerprint density at radius 1 is 0.950 bits per heavy atom. The SMILES string of the molecule is CN1C(=C2C=NN(c3ccccc3)P2(=NS(=O)(=O)c2ccc(Cl)cc2)N2CCOCC2)C(C)(C)c2ccccc21. The van der Waals surface area contributed by atoms with Crippen molar-refractivity contribution in [3.63, 3.8) is 0 Å². The van der Waals surface area contributed by atoms with Gasteiger partial charge in [0.15, 0.2) is 7.36 Å². The van der Waals surface area contributed by atoms with Gasteiger partial charge < -0.3 is 9.64 Å². The number of rotatable bonds is 4. The largest absolute Gasteiger partial charge is 0.379 e. The Balaban J connectivity index is 1.70. The molecule has 3 heterocycles. The van der Waals surface area contributed by atoms with Crippen LogP contribution < -0.4 is 9.68 Å². The van der Waals surface area contributed by atoms with E-state index in [-0.39, 0.29) is 4.90 Å². The maximum atomic E-state index is 14.2. The number of anilines is 2. The summed E-state index contributed by atoms with van der Waals surface area (Å²) in [4.78, 5) is 2.27. The standard InChI is InChI=1S/C29H31ClN5O3PS/c1-29(2)25-11-7-8-12-26(25)33(3)28(29)27-21-31-35(23-9-5-4-6-10-23)39(27,34-17-19-38-20-18-34)32-40(36,37)24-15-13-22(30)14-16-24/h4-16,21H,17-20H2,1-3H3. The summed E-state index contributed by atoms with van der Waals surface area (Å²) in [5.41, 5.74) is 3.61. The fourth-order valence-corrected chi connectivity index (χ4v) is 12.1. The minimum atomic E-state index is -4.13. The molecule has 0 bridgehead atoms. The molecule has 40 heavy (non-hydrogen) atoms. The zero-order chi connectivity index (χ0) is 28.1. The number of hydrogen-bond donors (Lipinski definition) is 0. The Labute approximate surface area is 240 Å². The number of benzene rings is 3. The Morgan fingerprint density at radius 3 is 2.27 bits per heavy atom. The minimum Gasteiger partial charge on any atom is -0.379 e. The Kier molecular flexibility index (Phi) is 6.92. The maximum Gasteiger partial charge on any atom is 0.284 e. The molecular weight excluding hydrogens is 565 g/mol. The monoisotopic (exact) mass is 595 g/mol. The number of sulfonamides is 1. The molecule has 0 saturated carbocycles. The Bertz CT molecular complexity index is 1670. The molecule has 3 aromatic rings. The van der Waals surface area contributed by atoms with Gasteiger partial charge in [-0.3, -0.25) is 0 Å². The van der Waals surface area contributed by atoms with Crippen LogP contribution in [-0.4, -0.2) is 52.7 Å². The van der Waals surface area contributed by atoms with Crippen LogP contribution in [0, 0.1) is 0 Å². The molecule has 208 valence electrons. The molecule has 3 aliphatic heterocycles. The number of hydrogen-bond acceptors (Lipinski definition) is 5. The molecule has 6 rings (SSSR count). The summed E-state index contributed by atoms with van der Waals surface area (Å²) in [7, 11) is -5.35. The smallest absolute Gasteiger partial charge is 0.284 e. The summed E-state index contributed by atoms with van der Waals surface area (Å²) in [6.07, 6.45) is 1.83. The predicted octanol–water partition coefficient (Wildman–Crippen LogP) is 6.54. The Hall–Kier alpha value is -2.94. The van der Waals surface area contributed by atoms with Crippen LogP contribution in [0.1, 0.15) is 19.4 Å². The van der Waals surface area contributed by atoms with Crippen molar-refractivity contribution in [1.29, 1.82) is 0 Å². The molecule has 1 fully saturated rings. The zero-order valence-electron chi connectivity index (χ0n) is 22.6. The highest BCUT2D eigenvalue weighted by molar-refractivity contribution is 7.95. The number of likely N-dealkylation sites (N-methyl/N-ethyl adjacent to an activating group) is 1. The first-order valence-electron chi connectivity index (χ1n) is 13.1. The van der Waals surface area contributed by atoms with Crippen molar-refractivity contribution in [3.05, 3.63) is 100 Å². The number of allylic oxidation sites excluding steroid dienone is 2. The first-order valence-corrected chi connectivity index (χ1v) is 16.6. The molecule has 0 spiro atoms. The van der Waals surface area contributed by atoms with E-state index < -0.39 is 22.8 Å². The lowest BCUT2D eigenvalue weighted by molar-refractivity contribution is 0.0743. The second-order valence-corrected chi connectivity index (χ2v) is 15.5. The fraction of sp³-hybridized carbons (Fsp3) is 0.276. The topological polar surface area (TPSA) is 77.8 Å². The zero-order valence-corrected chi connectivity index (χ0v) is 25.1. The van der Waals surface area contributed by atoms with Crippen molar-refractivity contribution in [2.45, 2.75) is 24.2 Å². The second kappa shape index (κ2) is 10.2. The number of para-hydroxylation sites is 2. The summed E-state index contributed by atoms with van der Waals surface area (Å²) in [5.74, 6) is 0. The molecule has 8 nitrogen and oxygen atoms in total. The highest BCUT2D eigenvalue weighted by Crippen LogP contribution is 2.70. The molecule has 0 radical (unpaired) electrons. The average Bonchev–Trinajstić information content (AvgIpc) is 3.41. The fourth-order valence-electron chi connectivity index (χ4n) is 5.85. The molecule has 0 amide bonds. The van der Waals surface area contributed by atoms with Crippen molar-refractivity contribution in [2.24, 2.45) is 9.25 Å². The summed E-state index contributed by atoms with van der Waals surface area (Å²) >= 11 is 6.10. The van der Waals surface area contributed by atoms with E-state index in [9.17, 15) is 8.42 Å². The van der Waals surface area contributed by atoms with Crippen LogP contribution in [-0.2, 0) is 20.2 Å². The number of hydrazone groups is 1. The quantitative estimate of drug-likeness (QED) is 0.319. The maximum absolute atomic E-state index is 14.2. The number of nitrogens with zero attached hydrogens (tertiary/aromatic N) is 5. The van der Waals surface area contributed by atoms with Crippen molar-refractivity contribution >= 4 is 46.6 Å².